The van der Waals surface area contributed by atoms with Gasteiger partial charge in [0.05, 0.1) is 33.9 Å². The van der Waals surface area contributed by atoms with Crippen LogP contribution >= 0.6 is 39.3 Å². The number of alkyl halides is 1. The number of carbonyl (C=O) groups excluding carboxylic acids is 3. The van der Waals surface area contributed by atoms with Crippen molar-refractivity contribution in [2.75, 3.05) is 25.1 Å². The zero-order chi connectivity index (χ0) is 22.3. The van der Waals surface area contributed by atoms with E-state index in [4.69, 9.17) is 16.3 Å². The third kappa shape index (κ3) is 3.67. The van der Waals surface area contributed by atoms with Crippen LogP contribution < -0.4 is 5.32 Å². The first-order valence-corrected chi connectivity index (χ1v) is 12.5. The predicted octanol–water partition coefficient (Wildman–Crippen LogP) is 2.69. The van der Waals surface area contributed by atoms with Crippen molar-refractivity contribution in [3.8, 4) is 0 Å². The maximum absolute atomic E-state index is 13.5. The van der Waals surface area contributed by atoms with E-state index in [0.29, 0.717) is 23.6 Å². The molecule has 2 amide bonds. The third-order valence-corrected chi connectivity index (χ3v) is 9.83. The van der Waals surface area contributed by atoms with Crippen molar-refractivity contribution in [2.24, 2.45) is 11.8 Å². The van der Waals surface area contributed by atoms with E-state index in [1.54, 1.807) is 43.0 Å². The molecule has 7 nitrogen and oxygen atoms in total. The van der Waals surface area contributed by atoms with Crippen LogP contribution in [0.4, 0.5) is 5.69 Å². The fourth-order valence-corrected chi connectivity index (χ4v) is 8.97. The summed E-state index contributed by atoms with van der Waals surface area (Å²) in [7, 11) is 0. The number of aliphatic hydroxyl groups excluding tert-OH is 1. The molecule has 0 aliphatic carbocycles. The highest BCUT2D eigenvalue weighted by molar-refractivity contribution is 9.09. The summed E-state index contributed by atoms with van der Waals surface area (Å²) in [5.74, 6) is -2.18. The van der Waals surface area contributed by atoms with E-state index in [1.807, 2.05) is 0 Å². The van der Waals surface area contributed by atoms with Gasteiger partial charge >= 0.3 is 5.97 Å². The molecule has 0 aromatic heterocycles. The maximum atomic E-state index is 13.5. The number of anilines is 1. The monoisotopic (exact) mass is 530 g/mol. The molecule has 1 spiro atoms. The number of aliphatic hydroxyl groups is 1. The van der Waals surface area contributed by atoms with Crippen LogP contribution in [-0.2, 0) is 19.1 Å². The average Bonchev–Trinajstić information content (AvgIpc) is 3.32. The average molecular weight is 532 g/mol. The fraction of sp³-hybridized carbons (Fsp3) is 0.571. The molecule has 0 saturated carbocycles. The second kappa shape index (κ2) is 8.92. The van der Waals surface area contributed by atoms with Crippen LogP contribution in [-0.4, -0.2) is 68.4 Å². The summed E-state index contributed by atoms with van der Waals surface area (Å²) in [6, 6.07) is 6.16. The van der Waals surface area contributed by atoms with E-state index in [-0.39, 0.29) is 41.6 Å². The van der Waals surface area contributed by atoms with Crippen LogP contribution in [0.3, 0.4) is 0 Å². The first kappa shape index (κ1) is 22.9. The summed E-state index contributed by atoms with van der Waals surface area (Å²) in [5, 5.41) is 12.5. The van der Waals surface area contributed by atoms with Crippen molar-refractivity contribution < 1.29 is 24.2 Å². The van der Waals surface area contributed by atoms with Crippen LogP contribution in [0.5, 0.6) is 0 Å². The Hall–Kier alpha value is -1.29. The van der Waals surface area contributed by atoms with Gasteiger partial charge in [0, 0.05) is 23.2 Å². The predicted molar refractivity (Wildman–Crippen MR) is 122 cm³/mol. The molecule has 1 aromatic rings. The number of hydrogen-bond donors (Lipinski definition) is 2. The van der Waals surface area contributed by atoms with Gasteiger partial charge < -0.3 is 20.1 Å². The smallest absolute Gasteiger partial charge is 0.310 e. The molecule has 6 atom stereocenters. The van der Waals surface area contributed by atoms with Crippen molar-refractivity contribution in [3.63, 3.8) is 0 Å². The van der Waals surface area contributed by atoms with Gasteiger partial charge in [0.2, 0.25) is 11.8 Å². The number of rotatable bonds is 7. The molecule has 2 bridgehead atoms. The molecule has 4 rings (SSSR count). The van der Waals surface area contributed by atoms with Gasteiger partial charge in [-0.2, -0.15) is 0 Å². The van der Waals surface area contributed by atoms with Gasteiger partial charge in [-0.05, 0) is 31.9 Å². The summed E-state index contributed by atoms with van der Waals surface area (Å²) in [5.41, 5.74) is 0.471. The van der Waals surface area contributed by atoms with Gasteiger partial charge in [-0.25, -0.2) is 0 Å². The first-order valence-electron chi connectivity index (χ1n) is 10.3. The van der Waals surface area contributed by atoms with E-state index in [9.17, 15) is 19.5 Å². The number of hydrogen-bond acceptors (Lipinski definition) is 6. The topological polar surface area (TPSA) is 95.9 Å². The minimum atomic E-state index is -0.776. The number of halogens is 2. The summed E-state index contributed by atoms with van der Waals surface area (Å²) in [6.07, 6.45) is 0.936. The zero-order valence-electron chi connectivity index (χ0n) is 16.9. The number of carbonyl (C=O) groups is 3. The number of ether oxygens (including phenoxy) is 1. The number of fused-ring (bicyclic) bond motifs is 1. The molecular formula is C21H24BrClN2O5S. The van der Waals surface area contributed by atoms with E-state index in [0.717, 1.165) is 0 Å². The highest BCUT2D eigenvalue weighted by atomic mass is 79.9. The molecule has 31 heavy (non-hydrogen) atoms. The van der Waals surface area contributed by atoms with Crippen LogP contribution in [0.15, 0.2) is 24.3 Å². The minimum absolute atomic E-state index is 0.00985. The highest BCUT2D eigenvalue weighted by Crippen LogP contribution is 2.67. The largest absolute Gasteiger partial charge is 0.466 e. The Bertz CT molecular complexity index is 904. The maximum Gasteiger partial charge on any atom is 0.310 e. The van der Waals surface area contributed by atoms with Gasteiger partial charge in [0.15, 0.2) is 0 Å². The lowest BCUT2D eigenvalue weighted by Crippen LogP contribution is -2.52. The molecule has 3 aliphatic heterocycles. The van der Waals surface area contributed by atoms with E-state index in [2.05, 4.69) is 21.2 Å². The summed E-state index contributed by atoms with van der Waals surface area (Å²) < 4.78 is 4.56. The molecule has 3 saturated heterocycles. The second-order valence-electron chi connectivity index (χ2n) is 7.99. The Morgan fingerprint density at radius 2 is 2.16 bits per heavy atom. The lowest BCUT2D eigenvalue weighted by atomic mass is 9.71. The van der Waals surface area contributed by atoms with Crippen LogP contribution in [0.1, 0.15) is 19.8 Å². The number of likely N-dealkylation sites (tertiary alicyclic amines) is 1. The number of amides is 2. The second-order valence-corrected chi connectivity index (χ2v) is 11.1. The number of benzene rings is 1. The molecule has 3 aliphatic rings. The quantitative estimate of drug-likeness (QED) is 0.415. The Kier molecular flexibility index (Phi) is 6.59. The molecule has 1 aromatic carbocycles. The SMILES string of the molecule is CCOC(=O)[C@H]1[C@@H]2SC3(CC2Br)C(C(=O)Nc2ccccc2Cl)N(CCCO)C(=O)[C@H]13. The Morgan fingerprint density at radius 3 is 2.84 bits per heavy atom. The van der Waals surface area contributed by atoms with Gasteiger partial charge in [0.25, 0.3) is 0 Å². The van der Waals surface area contributed by atoms with Gasteiger partial charge in [0.1, 0.15) is 6.04 Å². The lowest BCUT2D eigenvalue weighted by molar-refractivity contribution is -0.153. The van der Waals surface area contributed by atoms with E-state index in [1.165, 1.54) is 4.90 Å². The van der Waals surface area contributed by atoms with Crippen molar-refractivity contribution in [3.05, 3.63) is 29.3 Å². The van der Waals surface area contributed by atoms with Crippen LogP contribution in [0.2, 0.25) is 5.02 Å². The number of nitrogens with one attached hydrogen (secondary N) is 1. The minimum Gasteiger partial charge on any atom is -0.466 e. The normalized spacial score (nSPS) is 33.5. The molecule has 2 N–H and O–H groups in total. The van der Waals surface area contributed by atoms with Crippen molar-refractivity contribution >= 4 is 62.8 Å². The van der Waals surface area contributed by atoms with Crippen molar-refractivity contribution in [1.82, 2.24) is 4.90 Å². The third-order valence-electron chi connectivity index (χ3n) is 6.29. The molecule has 10 heteroatoms. The van der Waals surface area contributed by atoms with Crippen LogP contribution in [0, 0.1) is 11.8 Å². The Labute approximate surface area is 198 Å². The van der Waals surface area contributed by atoms with E-state index < -0.39 is 28.6 Å². The first-order chi connectivity index (χ1) is 14.9. The number of esters is 1. The summed E-state index contributed by atoms with van der Waals surface area (Å²) in [6.45, 7) is 2.11. The number of thioether (sulfide) groups is 1. The molecule has 3 fully saturated rings. The molecule has 3 unspecified atom stereocenters. The van der Waals surface area contributed by atoms with Crippen molar-refractivity contribution in [1.29, 1.82) is 0 Å². The molecule has 0 radical (unpaired) electrons. The van der Waals surface area contributed by atoms with E-state index >= 15 is 0 Å². The number of nitrogens with zero attached hydrogens (tertiary/aromatic N) is 1. The lowest BCUT2D eigenvalue weighted by Gasteiger charge is -2.35. The standard InChI is InChI=1S/C21H24BrClN2O5S/c1-2-30-20(29)14-15-19(28)25(8-5-9-26)17(21(15)10-11(22)16(14)31-21)18(27)24-13-7-4-3-6-12(13)23/h3-4,6-7,11,14-17,26H,2,5,8-10H2,1H3,(H,24,27)/t11?,14-,15+,16-,17?,21?/m1/s1. The van der Waals surface area contributed by atoms with Gasteiger partial charge in [-0.15, -0.1) is 11.8 Å². The number of para-hydroxylation sites is 1. The van der Waals surface area contributed by atoms with Gasteiger partial charge in [-0.3, -0.25) is 14.4 Å². The van der Waals surface area contributed by atoms with Crippen LogP contribution in [0.25, 0.3) is 0 Å². The molecule has 168 valence electrons. The summed E-state index contributed by atoms with van der Waals surface area (Å²) in [4.78, 5) is 41.4. The molecular weight excluding hydrogens is 508 g/mol. The Balaban J connectivity index is 1.72. The molecule has 3 heterocycles. The summed E-state index contributed by atoms with van der Waals surface area (Å²) >= 11 is 11.5. The Morgan fingerprint density at radius 1 is 1.42 bits per heavy atom. The highest BCUT2D eigenvalue weighted by Gasteiger charge is 2.75. The van der Waals surface area contributed by atoms with Crippen molar-refractivity contribution in [2.45, 2.75) is 40.6 Å². The van der Waals surface area contributed by atoms with Gasteiger partial charge in [-0.1, -0.05) is 39.7 Å². The fourth-order valence-electron chi connectivity index (χ4n) is 5.18. The zero-order valence-corrected chi connectivity index (χ0v) is 20.1.